The first kappa shape index (κ1) is 82.9. The lowest BCUT2D eigenvalue weighted by atomic mass is 9.99. The van der Waals surface area contributed by atoms with Gasteiger partial charge in [-0.05, 0) is 57.8 Å². The number of aliphatic hydroxyl groups excluding tert-OH is 5. The largest absolute Gasteiger partial charge is 0.394 e. The molecule has 0 bridgehead atoms. The lowest BCUT2D eigenvalue weighted by molar-refractivity contribution is -0.302. The van der Waals surface area contributed by atoms with Gasteiger partial charge in [0.15, 0.2) is 6.29 Å². The molecule has 510 valence electrons. The maximum Gasteiger partial charge on any atom is 0.220 e. The highest BCUT2D eigenvalue weighted by Gasteiger charge is 2.44. The molecule has 0 radical (unpaired) electrons. The number of allylic oxidation sites excluding steroid dienone is 9. The van der Waals surface area contributed by atoms with E-state index in [9.17, 15) is 30.3 Å². The zero-order valence-corrected chi connectivity index (χ0v) is 57.3. The van der Waals surface area contributed by atoms with E-state index < -0.39 is 49.5 Å². The van der Waals surface area contributed by atoms with Gasteiger partial charge in [-0.3, -0.25) is 4.79 Å². The highest BCUT2D eigenvalue weighted by Crippen LogP contribution is 2.24. The number of ether oxygens (including phenoxy) is 2. The molecule has 1 aliphatic heterocycles. The fourth-order valence-corrected chi connectivity index (χ4v) is 12.2. The van der Waals surface area contributed by atoms with Crippen LogP contribution in [0.5, 0.6) is 0 Å². The smallest absolute Gasteiger partial charge is 0.220 e. The Morgan fingerprint density at radius 2 is 0.713 bits per heavy atom. The van der Waals surface area contributed by atoms with Gasteiger partial charge in [-0.1, -0.05) is 370 Å². The van der Waals surface area contributed by atoms with Crippen molar-refractivity contribution in [3.05, 3.63) is 60.8 Å². The maximum absolute atomic E-state index is 13.1. The molecule has 9 nitrogen and oxygen atoms in total. The standard InChI is InChI=1S/C78H145NO8/c1-3-5-7-9-11-13-15-17-19-21-23-25-27-28-29-30-31-32-33-34-35-36-37-38-39-40-41-42-43-44-46-48-50-52-54-56-58-60-62-64-66-68-74(82)79-71(70-86-78-77(85)76(84)75(83)73(69-80)87-78)72(81)67-65-63-61-59-57-55-53-51-49-47-45-26-24-22-20-18-16-14-12-10-8-6-4-2/h5,7,11,13,17,19,23,25,65,67,71-73,75-78,80-81,83-85H,3-4,6,8-10,12,14-16,18,20-22,24,26-64,66,68-70H2,1-2H3,(H,79,82)/b7-5-,13-11-,19-17-,25-23-,67-65+. The molecule has 7 atom stereocenters. The number of amides is 1. The zero-order valence-electron chi connectivity index (χ0n) is 57.3. The third-order valence-corrected chi connectivity index (χ3v) is 18.1. The second-order valence-corrected chi connectivity index (χ2v) is 26.4. The van der Waals surface area contributed by atoms with Crippen molar-refractivity contribution in [2.45, 2.75) is 416 Å². The van der Waals surface area contributed by atoms with Gasteiger partial charge in [0.05, 0.1) is 25.4 Å². The van der Waals surface area contributed by atoms with E-state index in [-0.39, 0.29) is 12.5 Å². The molecule has 1 fully saturated rings. The van der Waals surface area contributed by atoms with E-state index >= 15 is 0 Å². The number of hydrogen-bond donors (Lipinski definition) is 6. The van der Waals surface area contributed by atoms with Gasteiger partial charge in [0.1, 0.15) is 24.4 Å². The van der Waals surface area contributed by atoms with Crippen molar-refractivity contribution in [3.8, 4) is 0 Å². The van der Waals surface area contributed by atoms with E-state index in [0.717, 1.165) is 64.2 Å². The van der Waals surface area contributed by atoms with E-state index in [1.807, 2.05) is 6.08 Å². The highest BCUT2D eigenvalue weighted by atomic mass is 16.7. The van der Waals surface area contributed by atoms with Crippen LogP contribution in [0, 0.1) is 0 Å². The average molecular weight is 1230 g/mol. The maximum atomic E-state index is 13.1. The molecule has 1 heterocycles. The number of unbranched alkanes of at least 4 members (excludes halogenated alkanes) is 49. The predicted molar refractivity (Wildman–Crippen MR) is 373 cm³/mol. The zero-order chi connectivity index (χ0) is 62.8. The lowest BCUT2D eigenvalue weighted by Crippen LogP contribution is -2.60. The molecule has 87 heavy (non-hydrogen) atoms. The number of hydrogen-bond acceptors (Lipinski definition) is 8. The minimum atomic E-state index is -1.57. The molecule has 1 saturated heterocycles. The van der Waals surface area contributed by atoms with Crippen LogP contribution in [0.25, 0.3) is 0 Å². The number of carbonyl (C=O) groups excluding carboxylic acids is 1. The summed E-state index contributed by atoms with van der Waals surface area (Å²) in [5.74, 6) is -0.169. The summed E-state index contributed by atoms with van der Waals surface area (Å²) in [7, 11) is 0. The third kappa shape index (κ3) is 55.3. The Morgan fingerprint density at radius 1 is 0.402 bits per heavy atom. The quantitative estimate of drug-likeness (QED) is 0.0261. The minimum Gasteiger partial charge on any atom is -0.394 e. The molecule has 0 aromatic carbocycles. The van der Waals surface area contributed by atoms with Crippen molar-refractivity contribution >= 4 is 5.91 Å². The van der Waals surface area contributed by atoms with Gasteiger partial charge in [0.2, 0.25) is 5.91 Å². The first-order valence-corrected chi connectivity index (χ1v) is 38.0. The van der Waals surface area contributed by atoms with Crippen LogP contribution in [0.15, 0.2) is 60.8 Å². The molecule has 1 rings (SSSR count). The molecule has 0 aliphatic carbocycles. The molecule has 0 spiro atoms. The van der Waals surface area contributed by atoms with Crippen molar-refractivity contribution in [1.82, 2.24) is 5.32 Å². The van der Waals surface area contributed by atoms with Crippen LogP contribution in [0.3, 0.4) is 0 Å². The Bertz CT molecular complexity index is 1560. The van der Waals surface area contributed by atoms with Gasteiger partial charge in [-0.25, -0.2) is 0 Å². The van der Waals surface area contributed by atoms with Crippen LogP contribution in [0.4, 0.5) is 0 Å². The second kappa shape index (κ2) is 66.8. The van der Waals surface area contributed by atoms with Crippen LogP contribution in [0.1, 0.15) is 373 Å². The van der Waals surface area contributed by atoms with Gasteiger partial charge in [-0.2, -0.15) is 0 Å². The first-order valence-electron chi connectivity index (χ1n) is 38.0. The van der Waals surface area contributed by atoms with Crippen molar-refractivity contribution in [2.75, 3.05) is 13.2 Å². The van der Waals surface area contributed by atoms with Crippen molar-refractivity contribution in [2.24, 2.45) is 0 Å². The van der Waals surface area contributed by atoms with Crippen LogP contribution in [-0.2, 0) is 14.3 Å². The average Bonchev–Trinajstić information content (AvgIpc) is 3.47. The SMILES string of the molecule is CC/C=C\C/C=C\C/C=C\C/C=C\CCCCCCCCCCCCCCCCCCCCCCCCCCCCCCC(=O)NC(COC1OC(CO)C(O)C(O)C1O)C(O)/C=C/CCCCCCCCCCCCCCCCCCCCCCC. The number of aliphatic hydroxyl groups is 5. The number of nitrogens with one attached hydrogen (secondary N) is 1. The lowest BCUT2D eigenvalue weighted by Gasteiger charge is -2.40. The fourth-order valence-electron chi connectivity index (χ4n) is 12.2. The fraction of sp³-hybridized carbons (Fsp3) is 0.859. The molecule has 1 amide bonds. The van der Waals surface area contributed by atoms with Gasteiger partial charge >= 0.3 is 0 Å². The summed E-state index contributed by atoms with van der Waals surface area (Å²) >= 11 is 0. The Kier molecular flexibility index (Phi) is 63.7. The molecule has 7 unspecified atom stereocenters. The molecule has 0 aromatic rings. The summed E-state index contributed by atoms with van der Waals surface area (Å²) < 4.78 is 11.3. The van der Waals surface area contributed by atoms with E-state index in [2.05, 4.69) is 67.8 Å². The van der Waals surface area contributed by atoms with Crippen LogP contribution >= 0.6 is 0 Å². The Labute approximate surface area is 538 Å². The highest BCUT2D eigenvalue weighted by molar-refractivity contribution is 5.76. The Hall–Kier alpha value is -2.11. The van der Waals surface area contributed by atoms with Crippen LogP contribution in [0.2, 0.25) is 0 Å². The summed E-state index contributed by atoms with van der Waals surface area (Å²) in [6, 6.07) is -0.805. The molecule has 6 N–H and O–H groups in total. The third-order valence-electron chi connectivity index (χ3n) is 18.1. The van der Waals surface area contributed by atoms with Crippen molar-refractivity contribution < 1.29 is 39.8 Å². The van der Waals surface area contributed by atoms with Crippen molar-refractivity contribution in [1.29, 1.82) is 0 Å². The summed E-state index contributed by atoms with van der Waals surface area (Å²) in [6.07, 6.45) is 86.4. The van der Waals surface area contributed by atoms with Gasteiger partial charge in [-0.15, -0.1) is 0 Å². The van der Waals surface area contributed by atoms with E-state index in [0.29, 0.717) is 6.42 Å². The summed E-state index contributed by atoms with van der Waals surface area (Å²) in [5, 5.41) is 54.8. The van der Waals surface area contributed by atoms with Gasteiger partial charge in [0.25, 0.3) is 0 Å². The molecular formula is C78H145NO8. The van der Waals surface area contributed by atoms with Crippen LogP contribution < -0.4 is 5.32 Å². The summed E-state index contributed by atoms with van der Waals surface area (Å²) in [5.41, 5.74) is 0. The number of rotatable bonds is 67. The Balaban J connectivity index is 2.04. The predicted octanol–water partition coefficient (Wildman–Crippen LogP) is 21.3. The topological polar surface area (TPSA) is 149 Å². The second-order valence-electron chi connectivity index (χ2n) is 26.4. The number of carbonyl (C=O) groups is 1. The Morgan fingerprint density at radius 3 is 1.06 bits per heavy atom. The molecule has 1 aliphatic rings. The summed E-state index contributed by atoms with van der Waals surface area (Å²) in [6.45, 7) is 3.72. The molecule has 9 heteroatoms. The molecule has 0 aromatic heterocycles. The van der Waals surface area contributed by atoms with Gasteiger partial charge in [0, 0.05) is 6.42 Å². The van der Waals surface area contributed by atoms with E-state index in [1.54, 1.807) is 6.08 Å². The van der Waals surface area contributed by atoms with E-state index in [1.165, 1.54) is 289 Å². The summed E-state index contributed by atoms with van der Waals surface area (Å²) in [4.78, 5) is 13.1. The normalized spacial score (nSPS) is 18.3. The first-order chi connectivity index (χ1) is 42.8. The van der Waals surface area contributed by atoms with E-state index in [4.69, 9.17) is 9.47 Å². The van der Waals surface area contributed by atoms with Crippen molar-refractivity contribution in [3.63, 3.8) is 0 Å². The van der Waals surface area contributed by atoms with Crippen LogP contribution in [-0.4, -0.2) is 87.5 Å². The molecule has 0 saturated carbocycles. The monoisotopic (exact) mass is 1220 g/mol. The molecular weight excluding hydrogens is 1080 g/mol. The van der Waals surface area contributed by atoms with Gasteiger partial charge < -0.3 is 40.3 Å². The minimum absolute atomic E-state index is 0.169.